The van der Waals surface area contributed by atoms with Crippen molar-refractivity contribution in [2.75, 3.05) is 19.8 Å². The van der Waals surface area contributed by atoms with Gasteiger partial charge >= 0.3 is 6.03 Å². The molecule has 5 fully saturated rings. The number of amides is 2. The number of carbonyl (C=O) groups excluding carboxylic acids is 1. The molecule has 442 valence electrons. The first kappa shape index (κ1) is 57.2. The van der Waals surface area contributed by atoms with E-state index in [9.17, 15) is 0 Å². The lowest BCUT2D eigenvalue weighted by atomic mass is 9.90. The van der Waals surface area contributed by atoms with Crippen LogP contribution < -0.4 is 4.74 Å². The van der Waals surface area contributed by atoms with Crippen LogP contribution in [0.4, 0.5) is 4.79 Å². The molecule has 0 bridgehead atoms. The van der Waals surface area contributed by atoms with Gasteiger partial charge in [0.25, 0.3) is 0 Å². The molecule has 0 N–H and O–H groups in total. The van der Waals surface area contributed by atoms with Crippen LogP contribution in [0.2, 0.25) is 0 Å². The number of carbonyl (C=O) groups is 1. The number of aromatic nitrogens is 6. The van der Waals surface area contributed by atoms with Gasteiger partial charge in [0.2, 0.25) is 0 Å². The second-order valence-electron chi connectivity index (χ2n) is 24.1. The number of halogens is 1. The van der Waals surface area contributed by atoms with Crippen molar-refractivity contribution < 1.29 is 33.2 Å². The van der Waals surface area contributed by atoms with E-state index in [0.717, 1.165) is 125 Å². The molecule has 9 aromatic rings. The Morgan fingerprint density at radius 2 is 0.941 bits per heavy atom. The van der Waals surface area contributed by atoms with Gasteiger partial charge in [0.1, 0.15) is 24.6 Å². The highest BCUT2D eigenvalue weighted by Crippen LogP contribution is 2.42. The number of aryl methyl sites for hydroxylation is 1. The van der Waals surface area contributed by atoms with Crippen molar-refractivity contribution in [2.45, 2.75) is 165 Å². The Morgan fingerprint density at radius 3 is 1.38 bits per heavy atom. The van der Waals surface area contributed by atoms with Crippen molar-refractivity contribution in [1.82, 2.24) is 39.1 Å². The average molecular weight is 1210 g/mol. The highest BCUT2D eigenvalue weighted by Gasteiger charge is 2.55. The molecule has 16 heteroatoms. The highest BCUT2D eigenvalue weighted by molar-refractivity contribution is 9.08. The van der Waals surface area contributed by atoms with Gasteiger partial charge in [0, 0.05) is 54.4 Å². The second kappa shape index (κ2) is 25.6. The molecule has 3 aromatic heterocycles. The molecule has 0 saturated carbocycles. The van der Waals surface area contributed by atoms with Gasteiger partial charge in [0.15, 0.2) is 24.5 Å². The molecule has 5 saturated heterocycles. The second-order valence-corrected chi connectivity index (χ2v) is 24.7. The van der Waals surface area contributed by atoms with E-state index in [2.05, 4.69) is 141 Å². The maximum absolute atomic E-state index is 16.1. The largest absolute Gasteiger partial charge is 0.489 e. The molecule has 3 unspecified atom stereocenters. The summed E-state index contributed by atoms with van der Waals surface area (Å²) in [6.07, 6.45) is 15.7. The molecule has 0 radical (unpaired) electrons. The molecular formula is C69H77BrN8O7. The maximum atomic E-state index is 16.1. The molecule has 85 heavy (non-hydrogen) atoms. The van der Waals surface area contributed by atoms with Crippen LogP contribution in [0.5, 0.6) is 5.75 Å². The maximum Gasteiger partial charge on any atom is 0.321 e. The van der Waals surface area contributed by atoms with Crippen molar-refractivity contribution in [3.05, 3.63) is 191 Å². The molecule has 6 aromatic carbocycles. The van der Waals surface area contributed by atoms with Crippen LogP contribution in [0, 0.1) is 6.92 Å². The van der Waals surface area contributed by atoms with Crippen LogP contribution in [0.15, 0.2) is 152 Å². The summed E-state index contributed by atoms with van der Waals surface area (Å²) >= 11 is 3.47. The smallest absolute Gasteiger partial charge is 0.321 e. The Kier molecular flexibility index (Phi) is 17.2. The summed E-state index contributed by atoms with van der Waals surface area (Å²) in [5, 5.41) is 18.2. The first-order chi connectivity index (χ1) is 41.6. The average Bonchev–Trinajstić information content (AvgIpc) is 3.13. The molecule has 8 heterocycles. The number of rotatable bonds is 15. The Hall–Kier alpha value is -6.92. The molecule has 7 atom stereocenters. The minimum absolute atomic E-state index is 0.0628. The highest BCUT2D eigenvalue weighted by atomic mass is 79.9. The summed E-state index contributed by atoms with van der Waals surface area (Å²) in [6, 6.07) is 45.7. The van der Waals surface area contributed by atoms with Gasteiger partial charge in [0.05, 0.1) is 47.2 Å². The number of fused-ring (bicyclic) bond motifs is 4. The fourth-order valence-electron chi connectivity index (χ4n) is 13.1. The van der Waals surface area contributed by atoms with Crippen molar-refractivity contribution in [3.63, 3.8) is 0 Å². The molecule has 0 spiro atoms. The topological polar surface area (TPSA) is 132 Å². The quantitative estimate of drug-likeness (QED) is 0.0914. The summed E-state index contributed by atoms with van der Waals surface area (Å²) in [7, 11) is 0. The predicted molar refractivity (Wildman–Crippen MR) is 332 cm³/mol. The van der Waals surface area contributed by atoms with Gasteiger partial charge in [-0.2, -0.15) is 15.3 Å². The van der Waals surface area contributed by atoms with Crippen LogP contribution in [-0.4, -0.2) is 95.1 Å². The zero-order chi connectivity index (χ0) is 57.9. The minimum Gasteiger partial charge on any atom is -0.489 e. The zero-order valence-electron chi connectivity index (χ0n) is 49.0. The predicted octanol–water partition coefficient (Wildman–Crippen LogP) is 14.5. The van der Waals surface area contributed by atoms with E-state index < -0.39 is 18.0 Å². The zero-order valence-corrected chi connectivity index (χ0v) is 50.6. The van der Waals surface area contributed by atoms with Gasteiger partial charge < -0.3 is 38.2 Å². The van der Waals surface area contributed by atoms with Crippen molar-refractivity contribution in [2.24, 2.45) is 0 Å². The normalized spacial score (nSPS) is 23.4. The molecule has 2 amide bonds. The number of alkyl halides is 1. The standard InChI is InChI=1S/C56H62N6O6.C13H15BrN2O/c1-38-15-17-39(18-16-38)31-49-53-54(68-56(2,3)67-53)50(32-40-19-23-46(24-20-40)66-37-41-11-5-4-6-12-41)60(36-43-22-26-48-45(30-43)34-58-62(48)52-14-8-10-28-65-52)55(63)59(49)35-42-21-25-47-44(29-42)33-57-61(47)51-13-7-9-27-64-51;14-8-10-4-5-12-11(7-10)9-15-16(12)13-3-1-2-6-17-13/h4-6,11-12,15-26,29-30,33-34,49-54H,7-10,13-14,27-28,31-32,35-37H2,1-3H3;4-5,7,9,13H,1-3,6,8H2/t49-,50-,51?,52?,53+,54+;/m1./s1. The summed E-state index contributed by atoms with van der Waals surface area (Å²) in [5.41, 5.74) is 11.0. The van der Waals surface area contributed by atoms with Crippen molar-refractivity contribution >= 4 is 54.7 Å². The Bertz CT molecular complexity index is 3700. The number of benzene rings is 6. The Morgan fingerprint density at radius 1 is 0.518 bits per heavy atom. The molecule has 5 aliphatic rings. The van der Waals surface area contributed by atoms with E-state index >= 15 is 4.79 Å². The van der Waals surface area contributed by atoms with Crippen molar-refractivity contribution in [1.29, 1.82) is 0 Å². The van der Waals surface area contributed by atoms with Gasteiger partial charge in [-0.15, -0.1) is 0 Å². The summed E-state index contributed by atoms with van der Waals surface area (Å²) in [6.45, 7) is 9.65. The van der Waals surface area contributed by atoms with E-state index in [1.807, 2.05) is 76.8 Å². The van der Waals surface area contributed by atoms with Crippen LogP contribution in [0.1, 0.15) is 129 Å². The van der Waals surface area contributed by atoms with E-state index in [1.54, 1.807) is 0 Å². The number of ether oxygens (including phenoxy) is 6. The SMILES string of the molecule is BrCc1ccc2c(cnn2C2CCCCO2)c1.Cc1ccc(C[C@@H]2[C@@H]3OC(C)(C)O[C@H]3[C@@H](Cc3ccc(OCc4ccccc4)cc3)N(Cc3ccc4c(cnn4C4CCCCO4)c3)C(=O)N2Cc2ccc3c(cnn3C3CCCCO3)c2)cc1. The van der Waals surface area contributed by atoms with E-state index in [0.29, 0.717) is 32.5 Å². The number of urea groups is 1. The third-order valence-electron chi connectivity index (χ3n) is 17.5. The lowest BCUT2D eigenvalue weighted by Crippen LogP contribution is -2.51. The van der Waals surface area contributed by atoms with Gasteiger partial charge in [-0.05, 0) is 173 Å². The molecule has 15 nitrogen and oxygen atoms in total. The fourth-order valence-corrected chi connectivity index (χ4v) is 13.5. The Labute approximate surface area is 506 Å². The lowest BCUT2D eigenvalue weighted by Gasteiger charge is -2.37. The summed E-state index contributed by atoms with van der Waals surface area (Å²) in [4.78, 5) is 20.2. The molecule has 14 rings (SSSR count). The number of hydrogen-bond acceptors (Lipinski definition) is 10. The monoisotopic (exact) mass is 1210 g/mol. The van der Waals surface area contributed by atoms with Gasteiger partial charge in [-0.1, -0.05) is 106 Å². The summed E-state index contributed by atoms with van der Waals surface area (Å²) in [5.74, 6) is -0.105. The van der Waals surface area contributed by atoms with E-state index in [-0.39, 0.29) is 36.8 Å². The van der Waals surface area contributed by atoms with E-state index in [1.165, 1.54) is 34.9 Å². The van der Waals surface area contributed by atoms with Crippen LogP contribution >= 0.6 is 15.9 Å². The third kappa shape index (κ3) is 12.8. The van der Waals surface area contributed by atoms with Crippen LogP contribution in [0.3, 0.4) is 0 Å². The van der Waals surface area contributed by atoms with Crippen LogP contribution in [0.25, 0.3) is 32.7 Å². The van der Waals surface area contributed by atoms with E-state index in [4.69, 9.17) is 38.6 Å². The fraction of sp³-hybridized carbons (Fsp3) is 0.420. The minimum atomic E-state index is -0.894. The molecule has 0 aliphatic carbocycles. The first-order valence-corrected chi connectivity index (χ1v) is 31.8. The molecule has 5 aliphatic heterocycles. The van der Waals surface area contributed by atoms with Crippen molar-refractivity contribution in [3.8, 4) is 5.75 Å². The molecular weight excluding hydrogens is 1130 g/mol. The lowest BCUT2D eigenvalue weighted by molar-refractivity contribution is -0.157. The van der Waals surface area contributed by atoms with Crippen LogP contribution in [-0.2, 0) is 61.6 Å². The number of nitrogens with zero attached hydrogens (tertiary/aromatic N) is 8. The van der Waals surface area contributed by atoms with Gasteiger partial charge in [-0.25, -0.2) is 18.8 Å². The summed E-state index contributed by atoms with van der Waals surface area (Å²) < 4.78 is 44.5. The first-order valence-electron chi connectivity index (χ1n) is 30.6. The third-order valence-corrected chi connectivity index (χ3v) is 18.2. The number of hydrogen-bond donors (Lipinski definition) is 0. The van der Waals surface area contributed by atoms with Gasteiger partial charge in [-0.3, -0.25) is 0 Å². The Balaban J connectivity index is 0.000000337.